The van der Waals surface area contributed by atoms with E-state index in [1.165, 1.54) is 4.88 Å². The molecule has 3 nitrogen and oxygen atoms in total. The van der Waals surface area contributed by atoms with Gasteiger partial charge in [-0.05, 0) is 30.3 Å². The van der Waals surface area contributed by atoms with Crippen molar-refractivity contribution in [2.45, 2.75) is 19.4 Å². The molecular weight excluding hydrogens is 210 g/mol. The lowest BCUT2D eigenvalue weighted by molar-refractivity contribution is -0.138. The Bertz CT molecular complexity index is 323. The molecule has 1 fully saturated rings. The molecule has 1 N–H and O–H groups in total. The summed E-state index contributed by atoms with van der Waals surface area (Å²) in [5, 5.41) is 10.8. The predicted molar refractivity (Wildman–Crippen MR) is 60.0 cm³/mol. The minimum Gasteiger partial charge on any atom is -0.481 e. The summed E-state index contributed by atoms with van der Waals surface area (Å²) >= 11 is 1.77. The van der Waals surface area contributed by atoms with Crippen LogP contribution in [-0.2, 0) is 11.3 Å². The highest BCUT2D eigenvalue weighted by molar-refractivity contribution is 7.09. The SMILES string of the molecule is O=C(O)CC1CCN(Cc2cccs2)C1. The summed E-state index contributed by atoms with van der Waals surface area (Å²) in [4.78, 5) is 14.3. The number of hydrogen-bond donors (Lipinski definition) is 1. The van der Waals surface area contributed by atoms with Crippen LogP contribution in [0.1, 0.15) is 17.7 Å². The standard InChI is InChI=1S/C11H15NO2S/c13-11(14)6-9-3-4-12(7-9)8-10-2-1-5-15-10/h1-2,5,9H,3-4,6-8H2,(H,13,14). The van der Waals surface area contributed by atoms with Gasteiger partial charge in [0.2, 0.25) is 0 Å². The van der Waals surface area contributed by atoms with Crippen LogP contribution >= 0.6 is 11.3 Å². The van der Waals surface area contributed by atoms with E-state index in [-0.39, 0.29) is 0 Å². The Morgan fingerprint density at radius 1 is 1.67 bits per heavy atom. The van der Waals surface area contributed by atoms with Crippen molar-refractivity contribution in [3.8, 4) is 0 Å². The van der Waals surface area contributed by atoms with Crippen LogP contribution in [0.25, 0.3) is 0 Å². The summed E-state index contributed by atoms with van der Waals surface area (Å²) in [7, 11) is 0. The largest absolute Gasteiger partial charge is 0.481 e. The molecule has 2 rings (SSSR count). The van der Waals surface area contributed by atoms with Crippen molar-refractivity contribution >= 4 is 17.3 Å². The Kier molecular flexibility index (Phi) is 3.38. The number of hydrogen-bond acceptors (Lipinski definition) is 3. The van der Waals surface area contributed by atoms with E-state index < -0.39 is 5.97 Å². The summed E-state index contributed by atoms with van der Waals surface area (Å²) in [6, 6.07) is 4.19. The van der Waals surface area contributed by atoms with E-state index in [1.54, 1.807) is 11.3 Å². The van der Waals surface area contributed by atoms with E-state index in [0.717, 1.165) is 26.1 Å². The fourth-order valence-electron chi connectivity index (χ4n) is 2.09. The van der Waals surface area contributed by atoms with Gasteiger partial charge in [-0.3, -0.25) is 9.69 Å². The second kappa shape index (κ2) is 4.77. The molecule has 1 saturated heterocycles. The quantitative estimate of drug-likeness (QED) is 0.852. The van der Waals surface area contributed by atoms with Crippen LogP contribution < -0.4 is 0 Å². The van der Waals surface area contributed by atoms with Gasteiger partial charge < -0.3 is 5.11 Å². The van der Waals surface area contributed by atoms with Crippen LogP contribution in [0.5, 0.6) is 0 Å². The molecular formula is C11H15NO2S. The third kappa shape index (κ3) is 3.04. The highest BCUT2D eigenvalue weighted by atomic mass is 32.1. The van der Waals surface area contributed by atoms with E-state index in [9.17, 15) is 4.79 Å². The first kappa shape index (κ1) is 10.6. The first-order valence-electron chi connectivity index (χ1n) is 5.20. The number of aliphatic carboxylic acids is 1. The van der Waals surface area contributed by atoms with Crippen molar-refractivity contribution in [3.63, 3.8) is 0 Å². The van der Waals surface area contributed by atoms with Crippen molar-refractivity contribution in [1.29, 1.82) is 0 Å². The highest BCUT2D eigenvalue weighted by Crippen LogP contribution is 2.22. The monoisotopic (exact) mass is 225 g/mol. The van der Waals surface area contributed by atoms with E-state index >= 15 is 0 Å². The van der Waals surface area contributed by atoms with Gasteiger partial charge in [0.25, 0.3) is 0 Å². The summed E-state index contributed by atoms with van der Waals surface area (Å²) in [6.45, 7) is 2.95. The lowest BCUT2D eigenvalue weighted by Crippen LogP contribution is -2.20. The minimum absolute atomic E-state index is 0.320. The van der Waals surface area contributed by atoms with Crippen LogP contribution in [0.2, 0.25) is 0 Å². The molecule has 1 aliphatic rings. The fraction of sp³-hybridized carbons (Fsp3) is 0.545. The van der Waals surface area contributed by atoms with Crippen molar-refractivity contribution in [1.82, 2.24) is 4.90 Å². The minimum atomic E-state index is -0.669. The maximum absolute atomic E-state index is 10.6. The summed E-state index contributed by atoms with van der Waals surface area (Å²) in [5.74, 6) is -0.319. The summed E-state index contributed by atoms with van der Waals surface area (Å²) in [6.07, 6.45) is 1.35. The third-order valence-electron chi connectivity index (χ3n) is 2.79. The molecule has 1 atom stereocenters. The van der Waals surface area contributed by atoms with Crippen molar-refractivity contribution in [2.24, 2.45) is 5.92 Å². The van der Waals surface area contributed by atoms with Crippen molar-refractivity contribution in [3.05, 3.63) is 22.4 Å². The van der Waals surface area contributed by atoms with Crippen LogP contribution in [0.3, 0.4) is 0 Å². The lowest BCUT2D eigenvalue weighted by atomic mass is 10.1. The highest BCUT2D eigenvalue weighted by Gasteiger charge is 2.24. The fourth-order valence-corrected chi connectivity index (χ4v) is 2.84. The topological polar surface area (TPSA) is 40.5 Å². The number of carboxylic acids is 1. The zero-order chi connectivity index (χ0) is 10.7. The van der Waals surface area contributed by atoms with Gasteiger partial charge in [-0.2, -0.15) is 0 Å². The van der Waals surface area contributed by atoms with Crippen molar-refractivity contribution < 1.29 is 9.90 Å². The van der Waals surface area contributed by atoms with E-state index in [2.05, 4.69) is 22.4 Å². The first-order valence-corrected chi connectivity index (χ1v) is 6.08. The first-order chi connectivity index (χ1) is 7.24. The average Bonchev–Trinajstić information content (AvgIpc) is 2.77. The van der Waals surface area contributed by atoms with Gasteiger partial charge in [-0.25, -0.2) is 0 Å². The molecule has 0 amide bonds. The second-order valence-electron chi connectivity index (χ2n) is 4.07. The van der Waals surface area contributed by atoms with E-state index in [0.29, 0.717) is 12.3 Å². The Morgan fingerprint density at radius 2 is 2.53 bits per heavy atom. The van der Waals surface area contributed by atoms with E-state index in [1.807, 2.05) is 0 Å². The van der Waals surface area contributed by atoms with Gasteiger partial charge in [0.05, 0.1) is 0 Å². The Labute approximate surface area is 93.3 Å². The molecule has 1 unspecified atom stereocenters. The van der Waals surface area contributed by atoms with Crippen LogP contribution in [0.15, 0.2) is 17.5 Å². The molecule has 0 spiro atoms. The lowest BCUT2D eigenvalue weighted by Gasteiger charge is -2.13. The van der Waals surface area contributed by atoms with Gasteiger partial charge in [-0.1, -0.05) is 6.07 Å². The van der Waals surface area contributed by atoms with Gasteiger partial charge in [0, 0.05) is 24.4 Å². The molecule has 82 valence electrons. The molecule has 2 heterocycles. The molecule has 0 saturated carbocycles. The molecule has 0 aromatic carbocycles. The molecule has 15 heavy (non-hydrogen) atoms. The predicted octanol–water partition coefficient (Wildman–Crippen LogP) is 2.04. The Hall–Kier alpha value is -0.870. The molecule has 0 bridgehead atoms. The average molecular weight is 225 g/mol. The molecule has 4 heteroatoms. The molecule has 1 aromatic heterocycles. The molecule has 0 radical (unpaired) electrons. The number of carbonyl (C=O) groups is 1. The van der Waals surface area contributed by atoms with Gasteiger partial charge >= 0.3 is 5.97 Å². The molecule has 1 aromatic rings. The van der Waals surface area contributed by atoms with Gasteiger partial charge in [-0.15, -0.1) is 11.3 Å². The van der Waals surface area contributed by atoms with Crippen LogP contribution in [0, 0.1) is 5.92 Å². The van der Waals surface area contributed by atoms with Crippen molar-refractivity contribution in [2.75, 3.05) is 13.1 Å². The summed E-state index contributed by atoms with van der Waals surface area (Å²) in [5.41, 5.74) is 0. The third-order valence-corrected chi connectivity index (χ3v) is 3.65. The summed E-state index contributed by atoms with van der Waals surface area (Å²) < 4.78 is 0. The Balaban J connectivity index is 1.80. The Morgan fingerprint density at radius 3 is 3.20 bits per heavy atom. The smallest absolute Gasteiger partial charge is 0.303 e. The van der Waals surface area contributed by atoms with Gasteiger partial charge in [0.1, 0.15) is 0 Å². The van der Waals surface area contributed by atoms with Crippen LogP contribution in [-0.4, -0.2) is 29.1 Å². The zero-order valence-corrected chi connectivity index (χ0v) is 9.37. The second-order valence-corrected chi connectivity index (χ2v) is 5.10. The number of thiophene rings is 1. The number of likely N-dealkylation sites (tertiary alicyclic amines) is 1. The molecule has 1 aliphatic heterocycles. The normalized spacial score (nSPS) is 22.0. The number of rotatable bonds is 4. The maximum atomic E-state index is 10.6. The molecule has 0 aliphatic carbocycles. The van der Waals surface area contributed by atoms with Crippen LogP contribution in [0.4, 0.5) is 0 Å². The number of nitrogens with zero attached hydrogens (tertiary/aromatic N) is 1. The zero-order valence-electron chi connectivity index (χ0n) is 8.56. The van der Waals surface area contributed by atoms with E-state index in [4.69, 9.17) is 5.11 Å². The van der Waals surface area contributed by atoms with Gasteiger partial charge in [0.15, 0.2) is 0 Å². The number of carboxylic acid groups (broad SMARTS) is 1. The maximum Gasteiger partial charge on any atom is 0.303 e.